The Morgan fingerprint density at radius 1 is 1.54 bits per heavy atom. The molecule has 0 aromatic carbocycles. The zero-order valence-electron chi connectivity index (χ0n) is 6.86. The molecule has 0 saturated carbocycles. The largest absolute Gasteiger partial charge is 0.343 e. The van der Waals surface area contributed by atoms with Gasteiger partial charge in [0.25, 0.3) is 0 Å². The van der Waals surface area contributed by atoms with E-state index in [1.54, 1.807) is 16.8 Å². The summed E-state index contributed by atoms with van der Waals surface area (Å²) in [5.41, 5.74) is 1.48. The minimum absolute atomic E-state index is 0.0421. The van der Waals surface area contributed by atoms with Crippen LogP contribution in [0.15, 0.2) is 29.3 Å². The van der Waals surface area contributed by atoms with Gasteiger partial charge < -0.3 is 14.2 Å². The lowest BCUT2D eigenvalue weighted by Crippen LogP contribution is -1.97. The molecule has 0 bridgehead atoms. The van der Waals surface area contributed by atoms with Gasteiger partial charge in [-0.15, -0.1) is 0 Å². The van der Waals surface area contributed by atoms with Gasteiger partial charge in [0, 0.05) is 36.6 Å². The highest BCUT2D eigenvalue weighted by atomic mass is 16.1. The van der Waals surface area contributed by atoms with E-state index in [2.05, 4.69) is 4.98 Å². The van der Waals surface area contributed by atoms with Gasteiger partial charge in [-0.05, 0) is 0 Å². The van der Waals surface area contributed by atoms with Crippen molar-refractivity contribution >= 4 is 11.9 Å². The van der Waals surface area contributed by atoms with Crippen molar-refractivity contribution in [2.24, 2.45) is 0 Å². The molecule has 0 aliphatic carbocycles. The lowest BCUT2D eigenvalue weighted by Gasteiger charge is -1.87. The van der Waals surface area contributed by atoms with Crippen LogP contribution in [0.25, 0.3) is 5.65 Å². The van der Waals surface area contributed by atoms with Crippen molar-refractivity contribution in [3.63, 3.8) is 0 Å². The topological polar surface area (TPSA) is 54.3 Å². The highest BCUT2D eigenvalue weighted by Crippen LogP contribution is 2.01. The SMILES string of the molecule is O=CCc1cn2ccc(=O)cc2[nH]1. The van der Waals surface area contributed by atoms with E-state index in [9.17, 15) is 9.59 Å². The zero-order chi connectivity index (χ0) is 9.26. The number of hydrogen-bond donors (Lipinski definition) is 1. The maximum atomic E-state index is 10.9. The van der Waals surface area contributed by atoms with Gasteiger partial charge >= 0.3 is 0 Å². The third-order valence-corrected chi connectivity index (χ3v) is 1.84. The predicted octanol–water partition coefficient (Wildman–Crippen LogP) is 0.369. The number of aldehydes is 1. The molecule has 0 spiro atoms. The van der Waals surface area contributed by atoms with E-state index >= 15 is 0 Å². The first-order chi connectivity index (χ1) is 6.29. The molecular formula is C9H8N2O2. The minimum atomic E-state index is -0.0421. The quantitative estimate of drug-likeness (QED) is 0.672. The van der Waals surface area contributed by atoms with Crippen molar-refractivity contribution < 1.29 is 4.79 Å². The number of carbonyl (C=O) groups is 1. The molecule has 4 nitrogen and oxygen atoms in total. The van der Waals surface area contributed by atoms with Crippen LogP contribution in [0.3, 0.4) is 0 Å². The van der Waals surface area contributed by atoms with Crippen molar-refractivity contribution in [3.05, 3.63) is 40.4 Å². The summed E-state index contributed by atoms with van der Waals surface area (Å²) in [5.74, 6) is 0. The fourth-order valence-electron chi connectivity index (χ4n) is 1.26. The molecule has 0 saturated heterocycles. The smallest absolute Gasteiger partial charge is 0.183 e. The zero-order valence-corrected chi connectivity index (χ0v) is 6.86. The molecule has 0 fully saturated rings. The second-order valence-electron chi connectivity index (χ2n) is 2.81. The molecule has 2 aromatic heterocycles. The summed E-state index contributed by atoms with van der Waals surface area (Å²) >= 11 is 0. The molecule has 0 unspecified atom stereocenters. The van der Waals surface area contributed by atoms with Gasteiger partial charge in [-0.25, -0.2) is 0 Å². The summed E-state index contributed by atoms with van der Waals surface area (Å²) in [4.78, 5) is 24.1. The highest BCUT2D eigenvalue weighted by Gasteiger charge is 1.98. The molecule has 0 atom stereocenters. The number of carbonyl (C=O) groups excluding carboxylic acids is 1. The van der Waals surface area contributed by atoms with Gasteiger partial charge in [0.15, 0.2) is 5.43 Å². The Labute approximate surface area is 73.8 Å². The van der Waals surface area contributed by atoms with E-state index < -0.39 is 0 Å². The first kappa shape index (κ1) is 7.79. The summed E-state index contributed by atoms with van der Waals surface area (Å²) in [6.07, 6.45) is 4.63. The normalized spacial score (nSPS) is 10.5. The Hall–Kier alpha value is -1.84. The Balaban J connectivity index is 2.61. The van der Waals surface area contributed by atoms with Crippen LogP contribution >= 0.6 is 0 Å². The lowest BCUT2D eigenvalue weighted by molar-refractivity contribution is -0.107. The number of pyridine rings is 1. The molecule has 0 radical (unpaired) electrons. The number of H-pyrrole nitrogens is 1. The standard InChI is InChI=1S/C9H8N2O2/c12-4-2-7-6-11-3-1-8(13)5-9(11)10-7/h1,3-6,10H,2H2. The predicted molar refractivity (Wildman–Crippen MR) is 47.8 cm³/mol. The van der Waals surface area contributed by atoms with Crippen molar-refractivity contribution in [1.29, 1.82) is 0 Å². The van der Waals surface area contributed by atoms with Crippen molar-refractivity contribution in [1.82, 2.24) is 9.38 Å². The van der Waals surface area contributed by atoms with Crippen molar-refractivity contribution in [2.75, 3.05) is 0 Å². The molecule has 66 valence electrons. The third-order valence-electron chi connectivity index (χ3n) is 1.84. The summed E-state index contributed by atoms with van der Waals surface area (Å²) < 4.78 is 1.78. The number of hydrogen-bond acceptors (Lipinski definition) is 2. The number of aromatic amines is 1. The van der Waals surface area contributed by atoms with Crippen molar-refractivity contribution in [3.8, 4) is 0 Å². The van der Waals surface area contributed by atoms with E-state index in [4.69, 9.17) is 0 Å². The number of fused-ring (bicyclic) bond motifs is 1. The number of imidazole rings is 1. The van der Waals surface area contributed by atoms with E-state index in [1.807, 2.05) is 0 Å². The van der Waals surface area contributed by atoms with Crippen LogP contribution in [0.5, 0.6) is 0 Å². The first-order valence-corrected chi connectivity index (χ1v) is 3.93. The summed E-state index contributed by atoms with van der Waals surface area (Å²) in [7, 11) is 0. The van der Waals surface area contributed by atoms with Crippen LogP contribution in [0, 0.1) is 0 Å². The average Bonchev–Trinajstić information content (AvgIpc) is 2.46. The number of aromatic nitrogens is 2. The Morgan fingerprint density at radius 3 is 3.15 bits per heavy atom. The van der Waals surface area contributed by atoms with Gasteiger partial charge in [-0.2, -0.15) is 0 Å². The van der Waals surface area contributed by atoms with Crippen LogP contribution in [0.4, 0.5) is 0 Å². The van der Waals surface area contributed by atoms with Gasteiger partial charge in [-0.3, -0.25) is 4.79 Å². The molecule has 2 rings (SSSR count). The van der Waals surface area contributed by atoms with Gasteiger partial charge in [0.2, 0.25) is 0 Å². The Bertz CT molecular complexity index is 496. The van der Waals surface area contributed by atoms with Crippen LogP contribution in [0.1, 0.15) is 5.69 Å². The van der Waals surface area contributed by atoms with Crippen LogP contribution in [-0.2, 0) is 11.2 Å². The molecule has 13 heavy (non-hydrogen) atoms. The summed E-state index contributed by atoms with van der Waals surface area (Å²) in [6.45, 7) is 0. The molecule has 0 aliphatic rings. The summed E-state index contributed by atoms with van der Waals surface area (Å²) in [6, 6.07) is 2.97. The fraction of sp³-hybridized carbons (Fsp3) is 0.111. The first-order valence-electron chi connectivity index (χ1n) is 3.93. The molecule has 0 aliphatic heterocycles. The fourth-order valence-corrected chi connectivity index (χ4v) is 1.26. The monoisotopic (exact) mass is 176 g/mol. The average molecular weight is 176 g/mol. The van der Waals surface area contributed by atoms with Crippen molar-refractivity contribution in [2.45, 2.75) is 6.42 Å². The van der Waals surface area contributed by atoms with Crippen LogP contribution < -0.4 is 5.43 Å². The third kappa shape index (κ3) is 1.38. The summed E-state index contributed by atoms with van der Waals surface area (Å²) in [5, 5.41) is 0. The number of rotatable bonds is 2. The maximum Gasteiger partial charge on any atom is 0.183 e. The number of nitrogens with zero attached hydrogens (tertiary/aromatic N) is 1. The van der Waals surface area contributed by atoms with Gasteiger partial charge in [0.05, 0.1) is 0 Å². The lowest BCUT2D eigenvalue weighted by atomic mass is 10.4. The molecule has 0 amide bonds. The van der Waals surface area contributed by atoms with E-state index in [0.29, 0.717) is 12.1 Å². The Morgan fingerprint density at radius 2 is 2.38 bits per heavy atom. The molecular weight excluding hydrogens is 168 g/mol. The van der Waals surface area contributed by atoms with Crippen LogP contribution in [0.2, 0.25) is 0 Å². The van der Waals surface area contributed by atoms with E-state index in [0.717, 1.165) is 12.0 Å². The van der Waals surface area contributed by atoms with Gasteiger partial charge in [0.1, 0.15) is 11.9 Å². The van der Waals surface area contributed by atoms with E-state index in [-0.39, 0.29) is 5.43 Å². The minimum Gasteiger partial charge on any atom is -0.343 e. The van der Waals surface area contributed by atoms with E-state index in [1.165, 1.54) is 12.1 Å². The molecule has 1 N–H and O–H groups in total. The highest BCUT2D eigenvalue weighted by molar-refractivity contribution is 5.54. The molecule has 2 aromatic rings. The second kappa shape index (κ2) is 2.90. The van der Waals surface area contributed by atoms with Crippen LogP contribution in [-0.4, -0.2) is 15.7 Å². The van der Waals surface area contributed by atoms with Gasteiger partial charge in [-0.1, -0.05) is 0 Å². The Kier molecular flexibility index (Phi) is 1.73. The molecule has 4 heteroatoms. The molecule has 2 heterocycles. The number of nitrogens with one attached hydrogen (secondary N) is 1. The maximum absolute atomic E-state index is 10.9. The second-order valence-corrected chi connectivity index (χ2v) is 2.81.